The van der Waals surface area contributed by atoms with Gasteiger partial charge in [0.2, 0.25) is 0 Å². The SMILES string of the molecule is CC(C)(C)OCCOC(=O)/C=C\C(=O)O. The molecule has 0 saturated carbocycles. The Morgan fingerprint density at radius 3 is 2.27 bits per heavy atom. The lowest BCUT2D eigenvalue weighted by Crippen LogP contribution is -2.22. The van der Waals surface area contributed by atoms with Crippen LogP contribution in [-0.4, -0.2) is 35.9 Å². The Hall–Kier alpha value is -1.36. The van der Waals surface area contributed by atoms with E-state index in [-0.39, 0.29) is 18.8 Å². The van der Waals surface area contributed by atoms with Gasteiger partial charge in [-0.2, -0.15) is 0 Å². The summed E-state index contributed by atoms with van der Waals surface area (Å²) in [5.41, 5.74) is -0.274. The molecule has 0 bridgehead atoms. The zero-order chi connectivity index (χ0) is 11.9. The number of carboxylic acid groups (broad SMARTS) is 1. The first-order chi connectivity index (χ1) is 6.81. The van der Waals surface area contributed by atoms with Crippen LogP contribution in [0.15, 0.2) is 12.2 Å². The van der Waals surface area contributed by atoms with Crippen molar-refractivity contribution in [2.45, 2.75) is 26.4 Å². The number of hydrogen-bond acceptors (Lipinski definition) is 4. The van der Waals surface area contributed by atoms with E-state index in [0.717, 1.165) is 12.2 Å². The molecule has 0 aromatic carbocycles. The first-order valence-corrected chi connectivity index (χ1v) is 4.53. The van der Waals surface area contributed by atoms with Gasteiger partial charge in [0.15, 0.2) is 0 Å². The molecular formula is C10H16O5. The van der Waals surface area contributed by atoms with Crippen LogP contribution in [0.3, 0.4) is 0 Å². The number of ether oxygens (including phenoxy) is 2. The number of aliphatic carboxylic acids is 1. The van der Waals surface area contributed by atoms with E-state index in [4.69, 9.17) is 9.84 Å². The molecule has 0 radical (unpaired) electrons. The van der Waals surface area contributed by atoms with Crippen LogP contribution in [-0.2, 0) is 19.1 Å². The van der Waals surface area contributed by atoms with E-state index in [2.05, 4.69) is 4.74 Å². The minimum Gasteiger partial charge on any atom is -0.478 e. The van der Waals surface area contributed by atoms with Crippen LogP contribution in [0.5, 0.6) is 0 Å². The van der Waals surface area contributed by atoms with E-state index < -0.39 is 11.9 Å². The highest BCUT2D eigenvalue weighted by Gasteiger charge is 2.09. The maximum atomic E-state index is 10.8. The van der Waals surface area contributed by atoms with Crippen molar-refractivity contribution >= 4 is 11.9 Å². The lowest BCUT2D eigenvalue weighted by molar-refractivity contribution is -0.141. The average molecular weight is 216 g/mol. The predicted octanol–water partition coefficient (Wildman–Crippen LogP) is 0.985. The second-order valence-corrected chi connectivity index (χ2v) is 3.80. The molecule has 0 unspecified atom stereocenters. The number of carbonyl (C=O) groups is 2. The average Bonchev–Trinajstić information content (AvgIpc) is 2.07. The van der Waals surface area contributed by atoms with Gasteiger partial charge in [-0.25, -0.2) is 9.59 Å². The molecule has 0 saturated heterocycles. The van der Waals surface area contributed by atoms with Crippen molar-refractivity contribution in [3.05, 3.63) is 12.2 Å². The quantitative estimate of drug-likeness (QED) is 0.421. The smallest absolute Gasteiger partial charge is 0.331 e. The summed E-state index contributed by atoms with van der Waals surface area (Å²) < 4.78 is 9.96. The van der Waals surface area contributed by atoms with Gasteiger partial charge >= 0.3 is 11.9 Å². The fourth-order valence-electron chi connectivity index (χ4n) is 0.678. The standard InChI is InChI=1S/C10H16O5/c1-10(2,3)15-7-6-14-9(13)5-4-8(11)12/h4-5H,6-7H2,1-3H3,(H,11,12)/b5-4-. The highest BCUT2D eigenvalue weighted by molar-refractivity contribution is 5.90. The predicted molar refractivity (Wildman–Crippen MR) is 53.4 cm³/mol. The van der Waals surface area contributed by atoms with Crippen LogP contribution in [0.1, 0.15) is 20.8 Å². The van der Waals surface area contributed by atoms with Gasteiger partial charge in [0.05, 0.1) is 12.2 Å². The van der Waals surface area contributed by atoms with Gasteiger partial charge in [-0.3, -0.25) is 0 Å². The lowest BCUT2D eigenvalue weighted by atomic mass is 10.2. The normalized spacial score (nSPS) is 11.7. The largest absolute Gasteiger partial charge is 0.478 e. The van der Waals surface area contributed by atoms with E-state index in [9.17, 15) is 9.59 Å². The molecule has 0 fully saturated rings. The summed E-state index contributed by atoms with van der Waals surface area (Å²) >= 11 is 0. The van der Waals surface area contributed by atoms with Gasteiger partial charge in [0.1, 0.15) is 6.61 Å². The van der Waals surface area contributed by atoms with Crippen LogP contribution < -0.4 is 0 Å². The Morgan fingerprint density at radius 2 is 1.80 bits per heavy atom. The third kappa shape index (κ3) is 10.6. The molecule has 0 rings (SSSR count). The molecule has 0 aromatic heterocycles. The van der Waals surface area contributed by atoms with Crippen molar-refractivity contribution in [2.75, 3.05) is 13.2 Å². The summed E-state index contributed by atoms with van der Waals surface area (Å²) in [5, 5.41) is 8.22. The number of rotatable bonds is 5. The third-order valence-corrected chi connectivity index (χ3v) is 1.22. The highest BCUT2D eigenvalue weighted by atomic mass is 16.6. The summed E-state index contributed by atoms with van der Waals surface area (Å²) in [6, 6.07) is 0. The molecule has 0 spiro atoms. The minimum absolute atomic E-state index is 0.111. The fourth-order valence-corrected chi connectivity index (χ4v) is 0.678. The van der Waals surface area contributed by atoms with E-state index in [0.29, 0.717) is 0 Å². The number of carboxylic acids is 1. The molecule has 0 heterocycles. The maximum absolute atomic E-state index is 10.8. The van der Waals surface area contributed by atoms with E-state index in [1.54, 1.807) is 0 Å². The molecule has 0 atom stereocenters. The molecule has 15 heavy (non-hydrogen) atoms. The van der Waals surface area contributed by atoms with Crippen LogP contribution >= 0.6 is 0 Å². The molecular weight excluding hydrogens is 200 g/mol. The Morgan fingerprint density at radius 1 is 1.20 bits per heavy atom. The van der Waals surface area contributed by atoms with Gasteiger partial charge in [0.25, 0.3) is 0 Å². The second-order valence-electron chi connectivity index (χ2n) is 3.80. The minimum atomic E-state index is -1.18. The monoisotopic (exact) mass is 216 g/mol. The molecule has 5 nitrogen and oxygen atoms in total. The summed E-state index contributed by atoms with van der Waals surface area (Å²) in [5.74, 6) is -1.87. The number of carbonyl (C=O) groups excluding carboxylic acids is 1. The molecule has 0 aliphatic carbocycles. The summed E-state index contributed by atoms with van der Waals surface area (Å²) in [4.78, 5) is 20.9. The van der Waals surface area contributed by atoms with Gasteiger partial charge in [0, 0.05) is 12.2 Å². The number of esters is 1. The summed E-state index contributed by atoms with van der Waals surface area (Å²) in [6.45, 7) is 6.06. The Balaban J connectivity index is 3.61. The van der Waals surface area contributed by atoms with E-state index in [1.807, 2.05) is 20.8 Å². The topological polar surface area (TPSA) is 72.8 Å². The van der Waals surface area contributed by atoms with Crippen molar-refractivity contribution in [3.8, 4) is 0 Å². The van der Waals surface area contributed by atoms with Crippen molar-refractivity contribution < 1.29 is 24.2 Å². The van der Waals surface area contributed by atoms with Crippen molar-refractivity contribution in [1.82, 2.24) is 0 Å². The molecule has 0 amide bonds. The Bertz CT molecular complexity index is 249. The van der Waals surface area contributed by atoms with Crippen LogP contribution in [0.4, 0.5) is 0 Å². The molecule has 0 aliphatic rings. The fraction of sp³-hybridized carbons (Fsp3) is 0.600. The van der Waals surface area contributed by atoms with E-state index in [1.165, 1.54) is 0 Å². The van der Waals surface area contributed by atoms with Crippen molar-refractivity contribution in [1.29, 1.82) is 0 Å². The molecule has 1 N–H and O–H groups in total. The maximum Gasteiger partial charge on any atom is 0.331 e. The van der Waals surface area contributed by atoms with Crippen LogP contribution in [0.2, 0.25) is 0 Å². The van der Waals surface area contributed by atoms with Crippen LogP contribution in [0.25, 0.3) is 0 Å². The van der Waals surface area contributed by atoms with Crippen LogP contribution in [0, 0.1) is 0 Å². The molecule has 0 aromatic rings. The summed E-state index contributed by atoms with van der Waals surface area (Å²) in [7, 11) is 0. The van der Waals surface area contributed by atoms with Crippen molar-refractivity contribution in [2.24, 2.45) is 0 Å². The number of hydrogen-bond donors (Lipinski definition) is 1. The zero-order valence-corrected chi connectivity index (χ0v) is 9.15. The first-order valence-electron chi connectivity index (χ1n) is 4.53. The van der Waals surface area contributed by atoms with Gasteiger partial charge in [-0.1, -0.05) is 0 Å². The highest BCUT2D eigenvalue weighted by Crippen LogP contribution is 2.05. The Labute approximate surface area is 88.7 Å². The second kappa shape index (κ2) is 6.19. The van der Waals surface area contributed by atoms with E-state index >= 15 is 0 Å². The first kappa shape index (κ1) is 13.6. The van der Waals surface area contributed by atoms with Gasteiger partial charge < -0.3 is 14.6 Å². The van der Waals surface area contributed by atoms with Gasteiger partial charge in [-0.05, 0) is 20.8 Å². The molecule has 86 valence electrons. The molecule has 0 aliphatic heterocycles. The van der Waals surface area contributed by atoms with Crippen molar-refractivity contribution in [3.63, 3.8) is 0 Å². The zero-order valence-electron chi connectivity index (χ0n) is 9.15. The Kier molecular flexibility index (Phi) is 5.62. The lowest BCUT2D eigenvalue weighted by Gasteiger charge is -2.18. The molecule has 5 heteroatoms. The van der Waals surface area contributed by atoms with Gasteiger partial charge in [-0.15, -0.1) is 0 Å². The third-order valence-electron chi connectivity index (χ3n) is 1.22. The summed E-state index contributed by atoms with van der Waals surface area (Å²) in [6.07, 6.45) is 1.59.